The van der Waals surface area contributed by atoms with Crippen molar-refractivity contribution in [3.05, 3.63) is 45.3 Å². The maximum absolute atomic E-state index is 12.9. The van der Waals surface area contributed by atoms with E-state index < -0.39 is 0 Å². The molecule has 8 heteroatoms. The van der Waals surface area contributed by atoms with Crippen LogP contribution in [0, 0.1) is 12.8 Å². The SMILES string of the molecule is Cc1noc(CSc2nc3cc(Cl)ccc3c(=O)n2CCC(C)C)n1. The summed E-state index contributed by atoms with van der Waals surface area (Å²) in [5.41, 5.74) is 0.550. The zero-order valence-corrected chi connectivity index (χ0v) is 15.9. The Balaban J connectivity index is 1.99. The first-order chi connectivity index (χ1) is 11.9. The molecule has 0 N–H and O–H groups in total. The van der Waals surface area contributed by atoms with Gasteiger partial charge in [0.05, 0.1) is 16.7 Å². The Hall–Kier alpha value is -1.86. The normalized spacial score (nSPS) is 11.6. The molecule has 2 aromatic heterocycles. The second-order valence-corrected chi connectivity index (χ2v) is 7.60. The fourth-order valence-electron chi connectivity index (χ4n) is 2.39. The van der Waals surface area contributed by atoms with Crippen molar-refractivity contribution in [2.24, 2.45) is 5.92 Å². The van der Waals surface area contributed by atoms with Gasteiger partial charge in [-0.2, -0.15) is 4.98 Å². The molecular formula is C17H19ClN4O2S. The molecule has 132 valence electrons. The third kappa shape index (κ3) is 4.22. The molecule has 0 aliphatic carbocycles. The Morgan fingerprint density at radius 2 is 2.12 bits per heavy atom. The largest absolute Gasteiger partial charge is 0.338 e. The van der Waals surface area contributed by atoms with Crippen molar-refractivity contribution in [2.45, 2.75) is 44.6 Å². The van der Waals surface area contributed by atoms with Crippen LogP contribution in [0.2, 0.25) is 5.02 Å². The monoisotopic (exact) mass is 378 g/mol. The average Bonchev–Trinajstić information content (AvgIpc) is 2.97. The lowest BCUT2D eigenvalue weighted by Gasteiger charge is -2.13. The Morgan fingerprint density at radius 3 is 2.80 bits per heavy atom. The number of benzene rings is 1. The number of hydrogen-bond acceptors (Lipinski definition) is 6. The van der Waals surface area contributed by atoms with Gasteiger partial charge in [0.2, 0.25) is 5.89 Å². The Labute approximate surface area is 154 Å². The van der Waals surface area contributed by atoms with Gasteiger partial charge < -0.3 is 4.52 Å². The maximum Gasteiger partial charge on any atom is 0.262 e. The first kappa shape index (κ1) is 17.9. The lowest BCUT2D eigenvalue weighted by Crippen LogP contribution is -2.24. The average molecular weight is 379 g/mol. The highest BCUT2D eigenvalue weighted by atomic mass is 35.5. The Bertz CT molecular complexity index is 951. The zero-order chi connectivity index (χ0) is 18.0. The summed E-state index contributed by atoms with van der Waals surface area (Å²) in [7, 11) is 0. The van der Waals surface area contributed by atoms with E-state index in [1.54, 1.807) is 29.7 Å². The molecule has 0 fully saturated rings. The summed E-state index contributed by atoms with van der Waals surface area (Å²) >= 11 is 7.47. The molecule has 0 radical (unpaired) electrons. The zero-order valence-electron chi connectivity index (χ0n) is 14.3. The van der Waals surface area contributed by atoms with Crippen LogP contribution >= 0.6 is 23.4 Å². The van der Waals surface area contributed by atoms with Gasteiger partial charge in [0, 0.05) is 11.6 Å². The van der Waals surface area contributed by atoms with Gasteiger partial charge in [-0.25, -0.2) is 4.98 Å². The fraction of sp³-hybridized carbons (Fsp3) is 0.412. The van der Waals surface area contributed by atoms with Crippen LogP contribution in [0.5, 0.6) is 0 Å². The topological polar surface area (TPSA) is 73.8 Å². The lowest BCUT2D eigenvalue weighted by atomic mass is 10.1. The third-order valence-corrected chi connectivity index (χ3v) is 4.90. The minimum atomic E-state index is -0.0495. The number of thioether (sulfide) groups is 1. The molecule has 0 atom stereocenters. The van der Waals surface area contributed by atoms with E-state index in [1.807, 2.05) is 0 Å². The standard InChI is InChI=1S/C17H19ClN4O2S/c1-10(2)6-7-22-16(23)13-5-4-12(18)8-14(13)20-17(22)25-9-15-19-11(3)21-24-15/h4-5,8,10H,6-7,9H2,1-3H3. The van der Waals surface area contributed by atoms with E-state index in [4.69, 9.17) is 16.1 Å². The van der Waals surface area contributed by atoms with Gasteiger partial charge in [0.15, 0.2) is 11.0 Å². The summed E-state index contributed by atoms with van der Waals surface area (Å²) in [5.74, 6) is 2.05. The highest BCUT2D eigenvalue weighted by molar-refractivity contribution is 7.98. The number of hydrogen-bond donors (Lipinski definition) is 0. The van der Waals surface area contributed by atoms with Gasteiger partial charge in [-0.05, 0) is 37.5 Å². The summed E-state index contributed by atoms with van der Waals surface area (Å²) in [5, 5.41) is 5.55. The van der Waals surface area contributed by atoms with Crippen molar-refractivity contribution in [1.82, 2.24) is 19.7 Å². The fourth-order valence-corrected chi connectivity index (χ4v) is 3.42. The molecule has 0 aliphatic rings. The molecule has 0 unspecified atom stereocenters. The molecule has 0 amide bonds. The lowest BCUT2D eigenvalue weighted by molar-refractivity contribution is 0.386. The number of fused-ring (bicyclic) bond motifs is 1. The maximum atomic E-state index is 12.9. The number of nitrogens with zero attached hydrogens (tertiary/aromatic N) is 4. The minimum absolute atomic E-state index is 0.0495. The van der Waals surface area contributed by atoms with Gasteiger partial charge in [0.25, 0.3) is 5.56 Å². The predicted octanol–water partition coefficient (Wildman–Crippen LogP) is 4.08. The summed E-state index contributed by atoms with van der Waals surface area (Å²) in [6.07, 6.45) is 0.897. The smallest absolute Gasteiger partial charge is 0.262 e. The Kier molecular flexibility index (Phi) is 5.44. The van der Waals surface area contributed by atoms with Crippen LogP contribution in [-0.4, -0.2) is 19.7 Å². The van der Waals surface area contributed by atoms with Crippen LogP contribution in [0.1, 0.15) is 32.0 Å². The molecule has 0 saturated heterocycles. The Morgan fingerprint density at radius 1 is 1.32 bits per heavy atom. The molecule has 0 aliphatic heterocycles. The highest BCUT2D eigenvalue weighted by Crippen LogP contribution is 2.23. The summed E-state index contributed by atoms with van der Waals surface area (Å²) in [6, 6.07) is 5.16. The summed E-state index contributed by atoms with van der Waals surface area (Å²) < 4.78 is 6.87. The number of aryl methyl sites for hydroxylation is 1. The van der Waals surface area contributed by atoms with Crippen LogP contribution in [0.25, 0.3) is 10.9 Å². The van der Waals surface area contributed by atoms with E-state index in [1.165, 1.54) is 11.8 Å². The van der Waals surface area contributed by atoms with Gasteiger partial charge >= 0.3 is 0 Å². The third-order valence-electron chi connectivity index (χ3n) is 3.71. The molecule has 0 saturated carbocycles. The van der Waals surface area contributed by atoms with Gasteiger partial charge in [-0.3, -0.25) is 9.36 Å². The van der Waals surface area contributed by atoms with Crippen molar-refractivity contribution in [2.75, 3.05) is 0 Å². The van der Waals surface area contributed by atoms with E-state index in [2.05, 4.69) is 29.0 Å². The summed E-state index contributed by atoms with van der Waals surface area (Å²) in [4.78, 5) is 21.7. The van der Waals surface area contributed by atoms with Crippen LogP contribution in [0.4, 0.5) is 0 Å². The number of rotatable bonds is 6. The molecule has 0 spiro atoms. The van der Waals surface area contributed by atoms with Gasteiger partial charge in [-0.1, -0.05) is 42.4 Å². The van der Waals surface area contributed by atoms with Crippen molar-refractivity contribution in [1.29, 1.82) is 0 Å². The quantitative estimate of drug-likeness (QED) is 0.475. The molecule has 2 heterocycles. The van der Waals surface area contributed by atoms with E-state index >= 15 is 0 Å². The molecule has 1 aromatic carbocycles. The molecule has 0 bridgehead atoms. The second-order valence-electron chi connectivity index (χ2n) is 6.22. The van der Waals surface area contributed by atoms with E-state index in [-0.39, 0.29) is 5.56 Å². The molecular weight excluding hydrogens is 360 g/mol. The minimum Gasteiger partial charge on any atom is -0.338 e. The van der Waals surface area contributed by atoms with Crippen LogP contribution in [-0.2, 0) is 12.3 Å². The van der Waals surface area contributed by atoms with Crippen molar-refractivity contribution >= 4 is 34.3 Å². The van der Waals surface area contributed by atoms with Gasteiger partial charge in [-0.15, -0.1) is 0 Å². The molecule has 25 heavy (non-hydrogen) atoms. The first-order valence-corrected chi connectivity index (χ1v) is 9.42. The van der Waals surface area contributed by atoms with Crippen LogP contribution < -0.4 is 5.56 Å². The predicted molar refractivity (Wildman–Crippen MR) is 99.1 cm³/mol. The summed E-state index contributed by atoms with van der Waals surface area (Å²) in [6.45, 7) is 6.65. The molecule has 3 aromatic rings. The van der Waals surface area contributed by atoms with Crippen molar-refractivity contribution < 1.29 is 4.52 Å². The van der Waals surface area contributed by atoms with Gasteiger partial charge in [0.1, 0.15) is 0 Å². The highest BCUT2D eigenvalue weighted by Gasteiger charge is 2.14. The van der Waals surface area contributed by atoms with E-state index in [0.717, 1.165) is 6.42 Å². The van der Waals surface area contributed by atoms with E-state index in [9.17, 15) is 4.79 Å². The number of aromatic nitrogens is 4. The van der Waals surface area contributed by atoms with E-state index in [0.29, 0.717) is 51.0 Å². The van der Waals surface area contributed by atoms with Crippen molar-refractivity contribution in [3.63, 3.8) is 0 Å². The second kappa shape index (κ2) is 7.58. The number of halogens is 1. The van der Waals surface area contributed by atoms with Crippen LogP contribution in [0.3, 0.4) is 0 Å². The van der Waals surface area contributed by atoms with Crippen molar-refractivity contribution in [3.8, 4) is 0 Å². The first-order valence-electron chi connectivity index (χ1n) is 8.06. The van der Waals surface area contributed by atoms with Crippen LogP contribution in [0.15, 0.2) is 32.7 Å². The molecule has 3 rings (SSSR count). The molecule has 6 nitrogen and oxygen atoms in total.